The van der Waals surface area contributed by atoms with Gasteiger partial charge in [-0.1, -0.05) is 12.1 Å². The highest BCUT2D eigenvalue weighted by molar-refractivity contribution is 6.17. The van der Waals surface area contributed by atoms with Crippen LogP contribution in [0.15, 0.2) is 41.4 Å². The van der Waals surface area contributed by atoms with Crippen molar-refractivity contribution in [2.75, 3.05) is 7.11 Å². The van der Waals surface area contributed by atoms with Gasteiger partial charge in [-0.2, -0.15) is 0 Å². The van der Waals surface area contributed by atoms with E-state index in [4.69, 9.17) is 4.74 Å². The van der Waals surface area contributed by atoms with E-state index in [1.54, 1.807) is 18.2 Å². The molecule has 1 unspecified atom stereocenters. The van der Waals surface area contributed by atoms with Crippen molar-refractivity contribution in [2.24, 2.45) is 4.99 Å². The number of hydrogen-bond acceptors (Lipinski definition) is 5. The third kappa shape index (κ3) is 2.23. The molecule has 5 heteroatoms. The highest BCUT2D eigenvalue weighted by Crippen LogP contribution is 2.39. The summed E-state index contributed by atoms with van der Waals surface area (Å²) in [5, 5.41) is 19.6. The normalized spacial score (nSPS) is 16.6. The van der Waals surface area contributed by atoms with Gasteiger partial charge in [0.15, 0.2) is 5.78 Å². The molecule has 0 saturated carbocycles. The summed E-state index contributed by atoms with van der Waals surface area (Å²) in [6, 6.07) is 9.43. The van der Waals surface area contributed by atoms with Crippen molar-refractivity contribution in [3.05, 3.63) is 47.5 Å². The van der Waals surface area contributed by atoms with Crippen molar-refractivity contribution < 1.29 is 19.7 Å². The van der Waals surface area contributed by atoms with E-state index in [0.717, 1.165) is 0 Å². The molecule has 1 heterocycles. The first-order valence-electron chi connectivity index (χ1n) is 6.38. The number of aliphatic imine (C=N–C) groups is 1. The zero-order chi connectivity index (χ0) is 15.0. The van der Waals surface area contributed by atoms with Gasteiger partial charge in [-0.3, -0.25) is 9.79 Å². The van der Waals surface area contributed by atoms with Crippen molar-refractivity contribution in [3.8, 4) is 17.2 Å². The number of benzene rings is 2. The summed E-state index contributed by atoms with van der Waals surface area (Å²) in [6.07, 6.45) is 1.51. The zero-order valence-corrected chi connectivity index (χ0v) is 11.3. The average Bonchev–Trinajstić information content (AvgIpc) is 2.47. The molecule has 3 rings (SSSR count). The lowest BCUT2D eigenvalue weighted by Gasteiger charge is -2.19. The van der Waals surface area contributed by atoms with Crippen molar-refractivity contribution in [1.29, 1.82) is 0 Å². The fourth-order valence-corrected chi connectivity index (χ4v) is 2.39. The van der Waals surface area contributed by atoms with E-state index in [-0.39, 0.29) is 22.8 Å². The van der Waals surface area contributed by atoms with Gasteiger partial charge in [-0.15, -0.1) is 0 Å². The minimum atomic E-state index is -0.621. The maximum absolute atomic E-state index is 12.6. The number of Topliss-reactive ketones (excluding diaryl/α,β-unsaturated/α-hetero) is 1. The molecule has 0 bridgehead atoms. The number of phenols is 2. The summed E-state index contributed by atoms with van der Waals surface area (Å²) in [5.74, 6) is -0.517. The minimum Gasteiger partial charge on any atom is -0.508 e. The largest absolute Gasteiger partial charge is 0.508 e. The molecule has 1 atom stereocenters. The smallest absolute Gasteiger partial charge is 0.181 e. The molecule has 0 amide bonds. The SMILES string of the molecule is COc1cc(O)c2c(c1)N=CC(c1cccc(O)c1)C2=O. The first-order chi connectivity index (χ1) is 10.1. The van der Waals surface area contributed by atoms with Gasteiger partial charge in [-0.05, 0) is 17.7 Å². The molecule has 2 aromatic carbocycles. The second-order valence-electron chi connectivity index (χ2n) is 4.76. The second kappa shape index (κ2) is 4.94. The lowest BCUT2D eigenvalue weighted by Crippen LogP contribution is -2.18. The Morgan fingerprint density at radius 2 is 2.00 bits per heavy atom. The number of aromatic hydroxyl groups is 2. The second-order valence-corrected chi connectivity index (χ2v) is 4.76. The molecule has 106 valence electrons. The van der Waals surface area contributed by atoms with Crippen LogP contribution in [-0.2, 0) is 0 Å². The average molecular weight is 283 g/mol. The molecule has 0 fully saturated rings. The monoisotopic (exact) mass is 283 g/mol. The molecule has 2 N–H and O–H groups in total. The van der Waals surface area contributed by atoms with Crippen LogP contribution >= 0.6 is 0 Å². The Morgan fingerprint density at radius 1 is 1.19 bits per heavy atom. The lowest BCUT2D eigenvalue weighted by molar-refractivity contribution is 0.0980. The van der Waals surface area contributed by atoms with Gasteiger partial charge in [0.05, 0.1) is 24.3 Å². The summed E-state index contributed by atoms with van der Waals surface area (Å²) in [4.78, 5) is 16.8. The Morgan fingerprint density at radius 3 is 2.71 bits per heavy atom. The number of rotatable bonds is 2. The van der Waals surface area contributed by atoms with E-state index in [1.165, 1.54) is 31.5 Å². The molecule has 1 aliphatic rings. The predicted octanol–water partition coefficient (Wildman–Crippen LogP) is 2.79. The van der Waals surface area contributed by atoms with Gasteiger partial charge >= 0.3 is 0 Å². The van der Waals surface area contributed by atoms with E-state index < -0.39 is 5.92 Å². The summed E-state index contributed by atoms with van der Waals surface area (Å²) in [6.45, 7) is 0. The lowest BCUT2D eigenvalue weighted by atomic mass is 9.88. The Balaban J connectivity index is 2.08. The Hall–Kier alpha value is -2.82. The van der Waals surface area contributed by atoms with E-state index in [9.17, 15) is 15.0 Å². The number of ether oxygens (including phenoxy) is 1. The molecule has 0 spiro atoms. The van der Waals surface area contributed by atoms with Crippen LogP contribution in [0.1, 0.15) is 21.8 Å². The summed E-state index contributed by atoms with van der Waals surface area (Å²) < 4.78 is 5.05. The molecule has 21 heavy (non-hydrogen) atoms. The zero-order valence-electron chi connectivity index (χ0n) is 11.3. The van der Waals surface area contributed by atoms with Crippen molar-refractivity contribution in [2.45, 2.75) is 5.92 Å². The summed E-state index contributed by atoms with van der Waals surface area (Å²) >= 11 is 0. The summed E-state index contributed by atoms with van der Waals surface area (Å²) in [5.41, 5.74) is 1.18. The first-order valence-corrected chi connectivity index (χ1v) is 6.38. The standard InChI is InChI=1S/C16H13NO4/c1-21-11-6-13-15(14(19)7-11)16(20)12(8-17-13)9-3-2-4-10(18)5-9/h2-8,12,18-19H,1H3. The number of methoxy groups -OCH3 is 1. The van der Waals surface area contributed by atoms with E-state index in [0.29, 0.717) is 17.0 Å². The van der Waals surface area contributed by atoms with E-state index >= 15 is 0 Å². The third-order valence-electron chi connectivity index (χ3n) is 3.43. The molecule has 0 aromatic heterocycles. The van der Waals surface area contributed by atoms with Crippen LogP contribution in [0.4, 0.5) is 5.69 Å². The molecule has 1 aliphatic heterocycles. The van der Waals surface area contributed by atoms with Crippen LogP contribution in [0.5, 0.6) is 17.2 Å². The van der Waals surface area contributed by atoms with Gasteiger partial charge in [0.25, 0.3) is 0 Å². The molecule has 0 saturated heterocycles. The first kappa shape index (κ1) is 13.2. The number of ketones is 1. The van der Waals surface area contributed by atoms with Gasteiger partial charge in [0, 0.05) is 18.3 Å². The maximum atomic E-state index is 12.6. The molecule has 5 nitrogen and oxygen atoms in total. The Labute approximate surface area is 121 Å². The number of nitrogens with zero attached hydrogens (tertiary/aromatic N) is 1. The number of phenolic OH excluding ortho intramolecular Hbond substituents is 2. The fraction of sp³-hybridized carbons (Fsp3) is 0.125. The van der Waals surface area contributed by atoms with Crippen LogP contribution in [-0.4, -0.2) is 29.3 Å². The van der Waals surface area contributed by atoms with Crippen LogP contribution in [0, 0.1) is 0 Å². The topological polar surface area (TPSA) is 79.1 Å². The summed E-state index contributed by atoms with van der Waals surface area (Å²) in [7, 11) is 1.48. The third-order valence-corrected chi connectivity index (χ3v) is 3.43. The van der Waals surface area contributed by atoms with Gasteiger partial charge in [0.2, 0.25) is 0 Å². The minimum absolute atomic E-state index is 0.0819. The highest BCUT2D eigenvalue weighted by Gasteiger charge is 2.29. The maximum Gasteiger partial charge on any atom is 0.181 e. The van der Waals surface area contributed by atoms with Crippen molar-refractivity contribution in [1.82, 2.24) is 0 Å². The van der Waals surface area contributed by atoms with Gasteiger partial charge in [-0.25, -0.2) is 0 Å². The van der Waals surface area contributed by atoms with E-state index in [2.05, 4.69) is 4.99 Å². The van der Waals surface area contributed by atoms with Gasteiger partial charge in [0.1, 0.15) is 17.2 Å². The molecule has 0 aliphatic carbocycles. The number of carbonyl (C=O) groups is 1. The Kier molecular flexibility index (Phi) is 3.10. The van der Waals surface area contributed by atoms with Crippen LogP contribution in [0.25, 0.3) is 0 Å². The number of hydrogen-bond donors (Lipinski definition) is 2. The Bertz CT molecular complexity index is 752. The fourth-order valence-electron chi connectivity index (χ4n) is 2.39. The molecule has 2 aromatic rings. The van der Waals surface area contributed by atoms with Crippen molar-refractivity contribution in [3.63, 3.8) is 0 Å². The molecular formula is C16H13NO4. The molecular weight excluding hydrogens is 270 g/mol. The van der Waals surface area contributed by atoms with Crippen molar-refractivity contribution >= 4 is 17.7 Å². The van der Waals surface area contributed by atoms with Crippen LogP contribution in [0.3, 0.4) is 0 Å². The molecule has 0 radical (unpaired) electrons. The van der Waals surface area contributed by atoms with Crippen LogP contribution in [0.2, 0.25) is 0 Å². The van der Waals surface area contributed by atoms with E-state index in [1.807, 2.05) is 0 Å². The highest BCUT2D eigenvalue weighted by atomic mass is 16.5. The number of carbonyl (C=O) groups excluding carboxylic acids is 1. The van der Waals surface area contributed by atoms with Crippen LogP contribution < -0.4 is 4.74 Å². The van der Waals surface area contributed by atoms with Gasteiger partial charge < -0.3 is 14.9 Å². The number of fused-ring (bicyclic) bond motifs is 1. The quantitative estimate of drug-likeness (QED) is 0.888. The predicted molar refractivity (Wildman–Crippen MR) is 78.0 cm³/mol.